The van der Waals surface area contributed by atoms with Gasteiger partial charge >= 0.3 is 5.97 Å². The molecular formula is C18H18BrNO4S. The highest BCUT2D eigenvalue weighted by atomic mass is 79.9. The zero-order valence-corrected chi connectivity index (χ0v) is 16.4. The summed E-state index contributed by atoms with van der Waals surface area (Å²) in [6.07, 6.45) is 1.28. The molecule has 0 fully saturated rings. The fourth-order valence-corrected chi connectivity index (χ4v) is 5.76. The number of hydrogen-bond donors (Lipinski definition) is 0. The first-order chi connectivity index (χ1) is 11.9. The van der Waals surface area contributed by atoms with E-state index in [4.69, 9.17) is 4.74 Å². The number of carbonyl (C=O) groups is 1. The van der Waals surface area contributed by atoms with Crippen LogP contribution in [-0.2, 0) is 21.2 Å². The maximum atomic E-state index is 13.2. The molecule has 0 saturated carbocycles. The average molecular weight is 424 g/mol. The van der Waals surface area contributed by atoms with Crippen molar-refractivity contribution in [3.63, 3.8) is 0 Å². The zero-order valence-electron chi connectivity index (χ0n) is 14.0. The third-order valence-electron chi connectivity index (χ3n) is 4.27. The first-order valence-electron chi connectivity index (χ1n) is 7.85. The van der Waals surface area contributed by atoms with Crippen LogP contribution in [-0.4, -0.2) is 28.0 Å². The van der Waals surface area contributed by atoms with Gasteiger partial charge in [0.05, 0.1) is 18.4 Å². The van der Waals surface area contributed by atoms with Crippen LogP contribution < -0.4 is 4.31 Å². The highest BCUT2D eigenvalue weighted by molar-refractivity contribution is 9.10. The lowest BCUT2D eigenvalue weighted by molar-refractivity contribution is 0.0599. The van der Waals surface area contributed by atoms with Gasteiger partial charge in [-0.3, -0.25) is 4.31 Å². The molecule has 0 amide bonds. The molecule has 25 heavy (non-hydrogen) atoms. The van der Waals surface area contributed by atoms with Crippen LogP contribution in [0.3, 0.4) is 0 Å². The number of hydrogen-bond acceptors (Lipinski definition) is 4. The molecule has 3 rings (SSSR count). The van der Waals surface area contributed by atoms with E-state index < -0.39 is 16.0 Å². The minimum atomic E-state index is -3.74. The number of esters is 1. The lowest BCUT2D eigenvalue weighted by Crippen LogP contribution is -2.36. The second kappa shape index (κ2) is 6.80. The number of sulfonamides is 1. The molecule has 0 radical (unpaired) electrons. The summed E-state index contributed by atoms with van der Waals surface area (Å²) in [5.74, 6) is -0.451. The molecule has 1 heterocycles. The van der Waals surface area contributed by atoms with E-state index in [2.05, 4.69) is 15.9 Å². The summed E-state index contributed by atoms with van der Waals surface area (Å²) in [6.45, 7) is 2.28. The molecule has 0 aromatic heterocycles. The van der Waals surface area contributed by atoms with Crippen LogP contribution in [0.25, 0.3) is 0 Å². The molecule has 1 aliphatic heterocycles. The number of halogens is 1. The molecule has 0 spiro atoms. The summed E-state index contributed by atoms with van der Waals surface area (Å²) in [7, 11) is -2.42. The Morgan fingerprint density at radius 2 is 2.00 bits per heavy atom. The monoisotopic (exact) mass is 423 g/mol. The van der Waals surface area contributed by atoms with Gasteiger partial charge in [0.2, 0.25) is 0 Å². The van der Waals surface area contributed by atoms with Gasteiger partial charge in [0, 0.05) is 11.0 Å². The van der Waals surface area contributed by atoms with E-state index >= 15 is 0 Å². The van der Waals surface area contributed by atoms with Crippen LogP contribution in [0.2, 0.25) is 0 Å². The van der Waals surface area contributed by atoms with E-state index in [-0.39, 0.29) is 4.90 Å². The van der Waals surface area contributed by atoms with Crippen molar-refractivity contribution in [1.82, 2.24) is 0 Å². The topological polar surface area (TPSA) is 63.7 Å². The lowest BCUT2D eigenvalue weighted by Gasteiger charge is -2.31. The number of anilines is 1. The van der Waals surface area contributed by atoms with Gasteiger partial charge in [-0.05, 0) is 71.1 Å². The van der Waals surface area contributed by atoms with Crippen LogP contribution in [0.4, 0.5) is 5.69 Å². The molecule has 0 unspecified atom stereocenters. The molecule has 132 valence electrons. The highest BCUT2D eigenvalue weighted by Crippen LogP contribution is 2.36. The third-order valence-corrected chi connectivity index (χ3v) is 7.06. The summed E-state index contributed by atoms with van der Waals surface area (Å²) >= 11 is 3.36. The molecule has 0 saturated heterocycles. The maximum absolute atomic E-state index is 13.2. The lowest BCUT2D eigenvalue weighted by atomic mass is 9.98. The van der Waals surface area contributed by atoms with E-state index in [1.165, 1.54) is 11.4 Å². The number of carbonyl (C=O) groups excluding carboxylic acids is 1. The normalized spacial score (nSPS) is 14.1. The largest absolute Gasteiger partial charge is 0.465 e. The van der Waals surface area contributed by atoms with Gasteiger partial charge in [-0.15, -0.1) is 0 Å². The second-order valence-corrected chi connectivity index (χ2v) is 8.59. The van der Waals surface area contributed by atoms with Crippen LogP contribution in [0.1, 0.15) is 27.9 Å². The van der Waals surface area contributed by atoms with Gasteiger partial charge in [-0.2, -0.15) is 0 Å². The number of nitrogens with zero attached hydrogens (tertiary/aromatic N) is 1. The summed E-state index contributed by atoms with van der Waals surface area (Å²) in [6, 6.07) is 10.2. The van der Waals surface area contributed by atoms with Gasteiger partial charge in [0.1, 0.15) is 4.90 Å². The third kappa shape index (κ3) is 3.18. The Hall–Kier alpha value is -1.86. The zero-order chi connectivity index (χ0) is 18.2. The van der Waals surface area contributed by atoms with Crippen LogP contribution >= 0.6 is 15.9 Å². The van der Waals surface area contributed by atoms with Crippen molar-refractivity contribution in [2.24, 2.45) is 0 Å². The summed E-state index contributed by atoms with van der Waals surface area (Å²) < 4.78 is 33.2. The first kappa shape index (κ1) is 17.9. The van der Waals surface area contributed by atoms with Crippen molar-refractivity contribution < 1.29 is 17.9 Å². The maximum Gasteiger partial charge on any atom is 0.338 e. The summed E-state index contributed by atoms with van der Waals surface area (Å²) in [5.41, 5.74) is 2.65. The molecule has 2 aromatic carbocycles. The van der Waals surface area contributed by atoms with E-state index in [1.807, 2.05) is 6.92 Å². The highest BCUT2D eigenvalue weighted by Gasteiger charge is 2.32. The Morgan fingerprint density at radius 1 is 1.24 bits per heavy atom. The number of aryl methyl sites for hydroxylation is 1. The number of benzene rings is 2. The fraction of sp³-hybridized carbons (Fsp3) is 0.278. The molecule has 7 heteroatoms. The fourth-order valence-electron chi connectivity index (χ4n) is 3.08. The van der Waals surface area contributed by atoms with Crippen molar-refractivity contribution in [1.29, 1.82) is 0 Å². The van der Waals surface area contributed by atoms with Gasteiger partial charge in [-0.25, -0.2) is 13.2 Å². The molecule has 5 nitrogen and oxygen atoms in total. The number of methoxy groups -OCH3 is 1. The molecule has 0 N–H and O–H groups in total. The SMILES string of the molecule is COC(=O)c1cccc2c1CCCN2S(=O)(=O)c1ccc(C)cc1Br. The van der Waals surface area contributed by atoms with Crippen molar-refractivity contribution in [3.05, 3.63) is 57.6 Å². The van der Waals surface area contributed by atoms with E-state index in [0.29, 0.717) is 40.7 Å². The smallest absolute Gasteiger partial charge is 0.338 e. The molecule has 2 aromatic rings. The van der Waals surface area contributed by atoms with Gasteiger partial charge in [0.25, 0.3) is 10.0 Å². The number of fused-ring (bicyclic) bond motifs is 1. The predicted molar refractivity (Wildman–Crippen MR) is 99.5 cm³/mol. The first-order valence-corrected chi connectivity index (χ1v) is 10.1. The van der Waals surface area contributed by atoms with Crippen molar-refractivity contribution in [2.45, 2.75) is 24.7 Å². The van der Waals surface area contributed by atoms with Crippen LogP contribution in [0.15, 0.2) is 45.8 Å². The molecular weight excluding hydrogens is 406 g/mol. The Labute approximate surface area is 155 Å². The summed E-state index contributed by atoms with van der Waals surface area (Å²) in [4.78, 5) is 12.2. The number of rotatable bonds is 3. The van der Waals surface area contributed by atoms with Gasteiger partial charge in [0.15, 0.2) is 0 Å². The van der Waals surface area contributed by atoms with Crippen molar-refractivity contribution in [2.75, 3.05) is 18.0 Å². The Morgan fingerprint density at radius 3 is 2.68 bits per heavy atom. The minimum absolute atomic E-state index is 0.217. The Kier molecular flexibility index (Phi) is 4.88. The van der Waals surface area contributed by atoms with E-state index in [1.54, 1.807) is 36.4 Å². The van der Waals surface area contributed by atoms with Crippen molar-refractivity contribution >= 4 is 37.6 Å². The molecule has 1 aliphatic rings. The Balaban J connectivity index is 2.13. The van der Waals surface area contributed by atoms with Crippen LogP contribution in [0.5, 0.6) is 0 Å². The summed E-state index contributed by atoms with van der Waals surface area (Å²) in [5, 5.41) is 0. The van der Waals surface area contributed by atoms with Crippen LogP contribution in [0, 0.1) is 6.92 Å². The second-order valence-electron chi connectivity index (χ2n) is 5.91. The quantitative estimate of drug-likeness (QED) is 0.706. The number of ether oxygens (including phenoxy) is 1. The predicted octanol–water partition coefficient (Wildman–Crippen LogP) is 3.69. The van der Waals surface area contributed by atoms with E-state index in [9.17, 15) is 13.2 Å². The van der Waals surface area contributed by atoms with Gasteiger partial charge in [-0.1, -0.05) is 12.1 Å². The average Bonchev–Trinajstić information content (AvgIpc) is 2.59. The Bertz CT molecular complexity index is 940. The van der Waals surface area contributed by atoms with Gasteiger partial charge < -0.3 is 4.74 Å². The molecule has 0 aliphatic carbocycles. The standard InChI is InChI=1S/C18H18BrNO4S/c1-12-8-9-17(15(19)11-12)25(22,23)20-10-4-6-13-14(18(21)24-2)5-3-7-16(13)20/h3,5,7-9,11H,4,6,10H2,1-2H3. The van der Waals surface area contributed by atoms with Crippen molar-refractivity contribution in [3.8, 4) is 0 Å². The van der Waals surface area contributed by atoms with E-state index in [0.717, 1.165) is 5.56 Å². The molecule has 0 bridgehead atoms. The molecule has 0 atom stereocenters. The minimum Gasteiger partial charge on any atom is -0.465 e.